The number of carbonyl (C=O) groups is 2. The predicted molar refractivity (Wildman–Crippen MR) is 114 cm³/mol. The van der Waals surface area contributed by atoms with Crippen molar-refractivity contribution in [3.8, 4) is 5.75 Å². The van der Waals surface area contributed by atoms with Gasteiger partial charge in [0, 0.05) is 18.5 Å². The smallest absolute Gasteiger partial charge is 0.404 e. The quantitative estimate of drug-likeness (QED) is 0.448. The first-order valence-corrected chi connectivity index (χ1v) is 10.6. The molecule has 5 N–H and O–H groups in total. The van der Waals surface area contributed by atoms with Gasteiger partial charge in [-0.1, -0.05) is 12.1 Å². The summed E-state index contributed by atoms with van der Waals surface area (Å²) in [7, 11) is 0. The van der Waals surface area contributed by atoms with Gasteiger partial charge < -0.3 is 26.0 Å². The van der Waals surface area contributed by atoms with E-state index in [0.717, 1.165) is 4.57 Å². The minimum Gasteiger partial charge on any atom is -0.501 e. The van der Waals surface area contributed by atoms with Gasteiger partial charge in [-0.25, -0.2) is 14.2 Å². The van der Waals surface area contributed by atoms with Crippen molar-refractivity contribution in [3.05, 3.63) is 57.0 Å². The lowest BCUT2D eigenvalue weighted by atomic mass is 9.69. The molecule has 11 heteroatoms. The Kier molecular flexibility index (Phi) is 5.61. The minimum atomic E-state index is -1.24. The van der Waals surface area contributed by atoms with Gasteiger partial charge in [0.05, 0.1) is 12.1 Å². The number of aliphatic hydroxyl groups is 1. The van der Waals surface area contributed by atoms with Gasteiger partial charge in [0.15, 0.2) is 5.69 Å². The molecule has 1 aromatic heterocycles. The Hall–Kier alpha value is -3.47. The lowest BCUT2D eigenvalue weighted by molar-refractivity contribution is -0.0172. The predicted octanol–water partition coefficient (Wildman–Crippen LogP) is 1.15. The fourth-order valence-electron chi connectivity index (χ4n) is 4.71. The first-order chi connectivity index (χ1) is 15.5. The van der Waals surface area contributed by atoms with Crippen LogP contribution in [0, 0.1) is 12.7 Å². The minimum absolute atomic E-state index is 0.0188. The molecule has 0 spiro atoms. The second-order valence-corrected chi connectivity index (χ2v) is 8.95. The summed E-state index contributed by atoms with van der Waals surface area (Å²) >= 11 is 0. The summed E-state index contributed by atoms with van der Waals surface area (Å²) in [6.45, 7) is 1.46. The summed E-state index contributed by atoms with van der Waals surface area (Å²) < 4.78 is 14.6. The number of carboxylic acid groups (broad SMARTS) is 1. The van der Waals surface area contributed by atoms with Crippen molar-refractivity contribution in [2.45, 2.75) is 56.7 Å². The number of aromatic hydroxyl groups is 1. The lowest BCUT2D eigenvalue weighted by Crippen LogP contribution is -2.46. The summed E-state index contributed by atoms with van der Waals surface area (Å²) in [6, 6.07) is 4.36. The molecule has 33 heavy (non-hydrogen) atoms. The monoisotopic (exact) mass is 460 g/mol. The second-order valence-electron chi connectivity index (χ2n) is 8.95. The summed E-state index contributed by atoms with van der Waals surface area (Å²) in [5, 5.41) is 35.4. The third kappa shape index (κ3) is 4.15. The highest BCUT2D eigenvalue weighted by Gasteiger charge is 2.50. The number of aromatic nitrogens is 2. The zero-order valence-corrected chi connectivity index (χ0v) is 18.0. The Morgan fingerprint density at radius 2 is 1.91 bits per heavy atom. The van der Waals surface area contributed by atoms with E-state index < -0.39 is 40.0 Å². The zero-order chi connectivity index (χ0) is 24.0. The van der Waals surface area contributed by atoms with E-state index >= 15 is 0 Å². The SMILES string of the molecule is Cc1cc(CNC(=O)c2nc3n(c(=O)c2O)CC2(O)CCC3(CNC(=O)O)CC2)ccc1F. The fourth-order valence-corrected chi connectivity index (χ4v) is 4.71. The average Bonchev–Trinajstić information content (AvgIpc) is 2.98. The van der Waals surface area contributed by atoms with Crippen LogP contribution in [0.25, 0.3) is 0 Å². The van der Waals surface area contributed by atoms with Gasteiger partial charge >= 0.3 is 6.09 Å². The van der Waals surface area contributed by atoms with Crippen LogP contribution in [-0.4, -0.2) is 49.0 Å². The maximum Gasteiger partial charge on any atom is 0.404 e. The standard InChI is InChI=1S/C22H25FN4O6/c1-12-8-13(2-3-14(12)23)9-24-17(29)15-16(28)18(30)27-11-22(33)6-4-21(5-7-22,19(27)26-15)10-25-20(31)32/h2-3,8,25,28,33H,4-7,9-11H2,1H3,(H,24,29)(H,31,32). The Balaban J connectivity index is 1.70. The molecule has 2 aromatic rings. The van der Waals surface area contributed by atoms with Crippen LogP contribution < -0.4 is 16.2 Å². The van der Waals surface area contributed by atoms with Crippen LogP contribution in [-0.2, 0) is 18.5 Å². The molecule has 176 valence electrons. The molecule has 0 atom stereocenters. The van der Waals surface area contributed by atoms with Crippen LogP contribution in [0.4, 0.5) is 9.18 Å². The maximum absolute atomic E-state index is 13.5. The van der Waals surface area contributed by atoms with E-state index in [1.54, 1.807) is 13.0 Å². The lowest BCUT2D eigenvalue weighted by Gasteiger charge is -2.39. The van der Waals surface area contributed by atoms with Crippen LogP contribution >= 0.6 is 0 Å². The topological polar surface area (TPSA) is 154 Å². The Morgan fingerprint density at radius 3 is 2.55 bits per heavy atom. The summed E-state index contributed by atoms with van der Waals surface area (Å²) in [5.74, 6) is -1.86. The van der Waals surface area contributed by atoms with Crippen LogP contribution in [0.2, 0.25) is 0 Å². The molecule has 1 fully saturated rings. The number of carbonyl (C=O) groups excluding carboxylic acids is 1. The van der Waals surface area contributed by atoms with Crippen molar-refractivity contribution < 1.29 is 29.3 Å². The van der Waals surface area contributed by atoms with Crippen LogP contribution in [0.15, 0.2) is 23.0 Å². The maximum atomic E-state index is 13.5. The molecular weight excluding hydrogens is 435 g/mol. The van der Waals surface area contributed by atoms with Crippen LogP contribution in [0.5, 0.6) is 5.75 Å². The second kappa shape index (κ2) is 8.14. The van der Waals surface area contributed by atoms with E-state index in [1.165, 1.54) is 12.1 Å². The van der Waals surface area contributed by atoms with E-state index in [0.29, 0.717) is 36.8 Å². The summed E-state index contributed by atoms with van der Waals surface area (Å²) in [6.07, 6.45) is 0.121. The first kappa shape index (κ1) is 22.7. The van der Waals surface area contributed by atoms with Crippen LogP contribution in [0.1, 0.15) is 53.1 Å². The van der Waals surface area contributed by atoms with Gasteiger partial charge in [-0.3, -0.25) is 14.2 Å². The van der Waals surface area contributed by atoms with Crippen molar-refractivity contribution in [2.75, 3.05) is 6.54 Å². The van der Waals surface area contributed by atoms with Crippen molar-refractivity contribution in [1.82, 2.24) is 20.2 Å². The number of hydrogen-bond acceptors (Lipinski definition) is 6. The molecule has 3 heterocycles. The molecule has 5 rings (SSSR count). The highest BCUT2D eigenvalue weighted by atomic mass is 19.1. The molecule has 1 saturated carbocycles. The molecule has 0 saturated heterocycles. The van der Waals surface area contributed by atoms with E-state index in [9.17, 15) is 29.0 Å². The van der Waals surface area contributed by atoms with E-state index in [1.807, 2.05) is 0 Å². The number of nitrogens with one attached hydrogen (secondary N) is 2. The zero-order valence-electron chi connectivity index (χ0n) is 18.0. The molecule has 10 nitrogen and oxygen atoms in total. The van der Waals surface area contributed by atoms with Crippen LogP contribution in [0.3, 0.4) is 0 Å². The first-order valence-electron chi connectivity index (χ1n) is 10.6. The Labute approximate surface area is 188 Å². The fraction of sp³-hybridized carbons (Fsp3) is 0.455. The number of halogens is 1. The molecule has 0 unspecified atom stereocenters. The number of amides is 2. The number of fused-ring (bicyclic) bond motifs is 2. The molecule has 2 bridgehead atoms. The molecule has 2 amide bonds. The van der Waals surface area contributed by atoms with Crippen molar-refractivity contribution in [2.24, 2.45) is 0 Å². The summed E-state index contributed by atoms with van der Waals surface area (Å²) in [4.78, 5) is 41.3. The number of nitrogens with zero attached hydrogens (tertiary/aromatic N) is 2. The highest BCUT2D eigenvalue weighted by Crippen LogP contribution is 2.46. The van der Waals surface area contributed by atoms with E-state index in [4.69, 9.17) is 5.11 Å². The largest absolute Gasteiger partial charge is 0.501 e. The molecule has 1 aromatic carbocycles. The van der Waals surface area contributed by atoms with Gasteiger partial charge in [-0.05, 0) is 49.8 Å². The Bertz CT molecular complexity index is 1190. The molecule has 0 radical (unpaired) electrons. The van der Waals surface area contributed by atoms with Crippen molar-refractivity contribution in [1.29, 1.82) is 0 Å². The van der Waals surface area contributed by atoms with Crippen molar-refractivity contribution >= 4 is 12.0 Å². The number of benzene rings is 1. The van der Waals surface area contributed by atoms with Gasteiger partial charge in [-0.15, -0.1) is 0 Å². The third-order valence-corrected chi connectivity index (χ3v) is 6.68. The Morgan fingerprint density at radius 1 is 1.21 bits per heavy atom. The summed E-state index contributed by atoms with van der Waals surface area (Å²) in [5.41, 5.74) is -2.40. The molecular formula is C22H25FN4O6. The number of hydrogen-bond donors (Lipinski definition) is 5. The van der Waals surface area contributed by atoms with E-state index in [-0.39, 0.29) is 31.3 Å². The van der Waals surface area contributed by atoms with Crippen molar-refractivity contribution in [3.63, 3.8) is 0 Å². The third-order valence-electron chi connectivity index (χ3n) is 6.68. The highest BCUT2D eigenvalue weighted by molar-refractivity contribution is 5.94. The number of rotatable bonds is 5. The molecule has 1 aliphatic carbocycles. The average molecular weight is 460 g/mol. The van der Waals surface area contributed by atoms with Gasteiger partial charge in [0.2, 0.25) is 5.75 Å². The molecule has 3 aliphatic rings. The van der Waals surface area contributed by atoms with Gasteiger partial charge in [-0.2, -0.15) is 0 Å². The van der Waals surface area contributed by atoms with Gasteiger partial charge in [0.25, 0.3) is 11.5 Å². The van der Waals surface area contributed by atoms with E-state index in [2.05, 4.69) is 15.6 Å². The number of aryl methyl sites for hydroxylation is 1. The molecule has 2 aliphatic heterocycles. The van der Waals surface area contributed by atoms with Gasteiger partial charge in [0.1, 0.15) is 11.6 Å². The normalized spacial score (nSPS) is 23.5.